The SMILES string of the molecule is O=C1NCCc2c(Br)[nH]c3cc(F)cc1c23. The van der Waals surface area contributed by atoms with Crippen LogP contribution in [0.25, 0.3) is 10.9 Å². The van der Waals surface area contributed by atoms with Crippen molar-refractivity contribution in [1.82, 2.24) is 10.3 Å². The normalized spacial score (nSPS) is 15.0. The van der Waals surface area contributed by atoms with Crippen molar-refractivity contribution in [2.75, 3.05) is 6.54 Å². The molecule has 0 radical (unpaired) electrons. The highest BCUT2D eigenvalue weighted by molar-refractivity contribution is 9.10. The maximum Gasteiger partial charge on any atom is 0.252 e. The van der Waals surface area contributed by atoms with Gasteiger partial charge in [0.15, 0.2) is 0 Å². The molecule has 0 saturated heterocycles. The molecule has 1 aliphatic heterocycles. The number of hydrogen-bond acceptors (Lipinski definition) is 1. The van der Waals surface area contributed by atoms with E-state index in [1.54, 1.807) is 0 Å². The van der Waals surface area contributed by atoms with Gasteiger partial charge in [-0.05, 0) is 40.0 Å². The van der Waals surface area contributed by atoms with Crippen molar-refractivity contribution < 1.29 is 9.18 Å². The first kappa shape index (κ1) is 9.84. The minimum atomic E-state index is -0.403. The maximum atomic E-state index is 13.3. The van der Waals surface area contributed by atoms with Gasteiger partial charge in [0.25, 0.3) is 5.91 Å². The van der Waals surface area contributed by atoms with E-state index in [4.69, 9.17) is 0 Å². The number of halogens is 2. The van der Waals surface area contributed by atoms with Crippen LogP contribution in [-0.4, -0.2) is 17.4 Å². The van der Waals surface area contributed by atoms with Crippen molar-refractivity contribution in [3.05, 3.63) is 33.7 Å². The molecule has 3 nitrogen and oxygen atoms in total. The van der Waals surface area contributed by atoms with Gasteiger partial charge in [0.2, 0.25) is 0 Å². The summed E-state index contributed by atoms with van der Waals surface area (Å²) in [6.45, 7) is 0.570. The Morgan fingerprint density at radius 3 is 3.00 bits per heavy atom. The number of amides is 1. The monoisotopic (exact) mass is 282 g/mol. The van der Waals surface area contributed by atoms with Crippen LogP contribution in [0.15, 0.2) is 16.7 Å². The Morgan fingerprint density at radius 2 is 2.19 bits per heavy atom. The lowest BCUT2D eigenvalue weighted by Gasteiger charge is -2.01. The predicted molar refractivity (Wildman–Crippen MR) is 62.0 cm³/mol. The molecule has 0 saturated carbocycles. The third kappa shape index (κ3) is 1.28. The first-order valence-corrected chi connectivity index (χ1v) is 5.74. The summed E-state index contributed by atoms with van der Waals surface area (Å²) in [6, 6.07) is 2.69. The lowest BCUT2D eigenvalue weighted by molar-refractivity contribution is 0.0957. The van der Waals surface area contributed by atoms with Gasteiger partial charge in [-0.1, -0.05) is 0 Å². The third-order valence-electron chi connectivity index (χ3n) is 2.82. The summed E-state index contributed by atoms with van der Waals surface area (Å²) in [5.41, 5.74) is 2.10. The fraction of sp³-hybridized carbons (Fsp3) is 0.182. The standard InChI is InChI=1S/C11H8BrFN2O/c12-10-6-1-2-14-11(16)7-3-5(13)4-8(15-10)9(6)7/h3-4,15H,1-2H2,(H,14,16). The molecule has 16 heavy (non-hydrogen) atoms. The molecule has 1 aliphatic rings. The Hall–Kier alpha value is -1.36. The van der Waals surface area contributed by atoms with Gasteiger partial charge in [-0.3, -0.25) is 4.79 Å². The summed E-state index contributed by atoms with van der Waals surface area (Å²) in [5, 5.41) is 3.57. The molecular formula is C11H8BrFN2O. The number of benzene rings is 1. The van der Waals surface area contributed by atoms with E-state index in [9.17, 15) is 9.18 Å². The quantitative estimate of drug-likeness (QED) is 0.766. The molecule has 0 fully saturated rings. The highest BCUT2D eigenvalue weighted by Crippen LogP contribution is 2.31. The molecule has 1 aromatic carbocycles. The van der Waals surface area contributed by atoms with Crippen LogP contribution < -0.4 is 5.32 Å². The Labute approximate surface area is 99.2 Å². The summed E-state index contributed by atoms with van der Waals surface area (Å²) < 4.78 is 14.2. The second kappa shape index (κ2) is 3.31. The smallest absolute Gasteiger partial charge is 0.252 e. The van der Waals surface area contributed by atoms with Gasteiger partial charge < -0.3 is 10.3 Å². The number of H-pyrrole nitrogens is 1. The Balaban J connectivity index is 2.47. The van der Waals surface area contributed by atoms with Gasteiger partial charge in [-0.2, -0.15) is 0 Å². The Kier molecular flexibility index (Phi) is 2.04. The zero-order valence-corrected chi connectivity index (χ0v) is 9.82. The number of hydrogen-bond donors (Lipinski definition) is 2. The molecule has 0 aliphatic carbocycles. The zero-order chi connectivity index (χ0) is 11.3. The topological polar surface area (TPSA) is 44.9 Å². The average Bonchev–Trinajstić information content (AvgIpc) is 2.42. The lowest BCUT2D eigenvalue weighted by atomic mass is 10.1. The largest absolute Gasteiger partial charge is 0.352 e. The summed E-state index contributed by atoms with van der Waals surface area (Å²) >= 11 is 3.40. The van der Waals surface area contributed by atoms with Crippen molar-refractivity contribution in [3.8, 4) is 0 Å². The molecule has 0 atom stereocenters. The van der Waals surface area contributed by atoms with Gasteiger partial charge in [-0.15, -0.1) is 0 Å². The predicted octanol–water partition coefficient (Wildman–Crippen LogP) is 2.36. The van der Waals surface area contributed by atoms with E-state index in [0.717, 1.165) is 22.0 Å². The van der Waals surface area contributed by atoms with Crippen molar-refractivity contribution in [3.63, 3.8) is 0 Å². The summed E-state index contributed by atoms with van der Waals surface area (Å²) in [6.07, 6.45) is 0.741. The first-order chi connectivity index (χ1) is 7.66. The number of carbonyl (C=O) groups excluding carboxylic acids is 1. The van der Waals surface area contributed by atoms with Crippen molar-refractivity contribution in [1.29, 1.82) is 0 Å². The summed E-state index contributed by atoms with van der Waals surface area (Å²) in [5.74, 6) is -0.616. The van der Waals surface area contributed by atoms with Crippen molar-refractivity contribution in [2.24, 2.45) is 0 Å². The number of aromatic amines is 1. The molecule has 2 aromatic rings. The van der Waals surface area contributed by atoms with E-state index in [0.29, 0.717) is 17.6 Å². The van der Waals surface area contributed by atoms with Crippen LogP contribution in [0.4, 0.5) is 4.39 Å². The Morgan fingerprint density at radius 1 is 1.38 bits per heavy atom. The molecule has 2 N–H and O–H groups in total. The van der Waals surface area contributed by atoms with Gasteiger partial charge in [0.1, 0.15) is 5.82 Å². The molecule has 5 heteroatoms. The molecule has 82 valence electrons. The van der Waals surface area contributed by atoms with Crippen LogP contribution in [0.5, 0.6) is 0 Å². The van der Waals surface area contributed by atoms with Crippen LogP contribution in [-0.2, 0) is 6.42 Å². The van der Waals surface area contributed by atoms with Crippen molar-refractivity contribution in [2.45, 2.75) is 6.42 Å². The average molecular weight is 283 g/mol. The fourth-order valence-electron chi connectivity index (χ4n) is 2.14. The van der Waals surface area contributed by atoms with E-state index >= 15 is 0 Å². The molecule has 0 bridgehead atoms. The minimum Gasteiger partial charge on any atom is -0.352 e. The summed E-state index contributed by atoms with van der Waals surface area (Å²) in [7, 11) is 0. The third-order valence-corrected chi connectivity index (χ3v) is 3.50. The highest BCUT2D eigenvalue weighted by atomic mass is 79.9. The van der Waals surface area contributed by atoms with E-state index in [1.165, 1.54) is 12.1 Å². The number of carbonyl (C=O) groups is 1. The second-order valence-electron chi connectivity index (χ2n) is 3.80. The fourth-order valence-corrected chi connectivity index (χ4v) is 2.75. The molecule has 0 spiro atoms. The van der Waals surface area contributed by atoms with Gasteiger partial charge in [0.05, 0.1) is 15.7 Å². The lowest BCUT2D eigenvalue weighted by Crippen LogP contribution is -2.23. The van der Waals surface area contributed by atoms with E-state index < -0.39 is 5.82 Å². The second-order valence-corrected chi connectivity index (χ2v) is 4.59. The Bertz CT molecular complexity index is 606. The van der Waals surface area contributed by atoms with Gasteiger partial charge in [0, 0.05) is 11.9 Å². The van der Waals surface area contributed by atoms with Gasteiger partial charge >= 0.3 is 0 Å². The molecule has 0 unspecified atom stereocenters. The molecule has 1 aromatic heterocycles. The number of aromatic nitrogens is 1. The molecule has 3 rings (SSSR count). The first-order valence-electron chi connectivity index (χ1n) is 4.94. The molecule has 2 heterocycles. The van der Waals surface area contributed by atoms with Crippen LogP contribution >= 0.6 is 15.9 Å². The zero-order valence-electron chi connectivity index (χ0n) is 8.23. The van der Waals surface area contributed by atoms with Gasteiger partial charge in [-0.25, -0.2) is 4.39 Å². The maximum absolute atomic E-state index is 13.3. The molecular weight excluding hydrogens is 275 g/mol. The molecule has 1 amide bonds. The van der Waals surface area contributed by atoms with E-state index in [1.807, 2.05) is 0 Å². The van der Waals surface area contributed by atoms with Crippen LogP contribution in [0.3, 0.4) is 0 Å². The number of nitrogens with one attached hydrogen (secondary N) is 2. The highest BCUT2D eigenvalue weighted by Gasteiger charge is 2.21. The van der Waals surface area contributed by atoms with E-state index in [2.05, 4.69) is 26.2 Å². The van der Waals surface area contributed by atoms with E-state index in [-0.39, 0.29) is 5.91 Å². The van der Waals surface area contributed by atoms with Crippen LogP contribution in [0, 0.1) is 5.82 Å². The van der Waals surface area contributed by atoms with Crippen molar-refractivity contribution >= 4 is 32.7 Å². The van der Waals surface area contributed by atoms with Crippen LogP contribution in [0.1, 0.15) is 15.9 Å². The van der Waals surface area contributed by atoms with Crippen LogP contribution in [0.2, 0.25) is 0 Å². The number of rotatable bonds is 0. The summed E-state index contributed by atoms with van der Waals surface area (Å²) in [4.78, 5) is 14.8. The minimum absolute atomic E-state index is 0.213.